The lowest BCUT2D eigenvalue weighted by molar-refractivity contribution is -0.332. The molecule has 2 saturated heterocycles. The molecule has 0 aromatic heterocycles. The SMILES string of the molecule is CCCCCCCCCCCCCCCCCCCCCCCCCCOCC(COC1OC(COC2OC(CO)C(O)C(O)C2O)C(O)C(O)C1O)OC(=O)CCCCCCCCCCCCCCCCCCCCCC. The van der Waals surface area contributed by atoms with Gasteiger partial charge in [-0.3, -0.25) is 4.79 Å². The summed E-state index contributed by atoms with van der Waals surface area (Å²) in [4.78, 5) is 13.1. The number of ether oxygens (including phenoxy) is 6. The van der Waals surface area contributed by atoms with Crippen LogP contribution >= 0.6 is 0 Å². The summed E-state index contributed by atoms with van der Waals surface area (Å²) in [7, 11) is 0. The average Bonchev–Trinajstić information content (AvgIpc) is 3.45. The molecule has 0 spiro atoms. The molecule has 464 valence electrons. The molecule has 78 heavy (non-hydrogen) atoms. The second-order valence-electron chi connectivity index (χ2n) is 23.7. The largest absolute Gasteiger partial charge is 0.457 e. The van der Waals surface area contributed by atoms with Crippen molar-refractivity contribution < 1.29 is 69.0 Å². The molecule has 2 heterocycles. The molecule has 2 rings (SSSR count). The van der Waals surface area contributed by atoms with Gasteiger partial charge in [0.05, 0.1) is 26.4 Å². The number of carbonyl (C=O) groups is 1. The minimum atomic E-state index is -1.70. The van der Waals surface area contributed by atoms with Crippen LogP contribution in [-0.2, 0) is 33.2 Å². The molecular formula is C64H124O14. The Balaban J connectivity index is 1.65. The normalized spacial score (nSPS) is 24.0. The predicted octanol–water partition coefficient (Wildman–Crippen LogP) is 13.1. The lowest BCUT2D eigenvalue weighted by Crippen LogP contribution is -2.61. The highest BCUT2D eigenvalue weighted by atomic mass is 16.7. The number of rotatable bonds is 56. The lowest BCUT2D eigenvalue weighted by Gasteiger charge is -2.42. The summed E-state index contributed by atoms with van der Waals surface area (Å²) in [6.45, 7) is 3.79. The number of esters is 1. The lowest BCUT2D eigenvalue weighted by atomic mass is 9.98. The first-order chi connectivity index (χ1) is 38.1. The zero-order chi connectivity index (χ0) is 56.5. The number of hydrogen-bond acceptors (Lipinski definition) is 14. The average molecular weight is 1120 g/mol. The minimum absolute atomic E-state index is 0.0714. The van der Waals surface area contributed by atoms with Crippen molar-refractivity contribution in [3.63, 3.8) is 0 Å². The summed E-state index contributed by atoms with van der Waals surface area (Å²) in [6, 6.07) is 0. The van der Waals surface area contributed by atoms with Crippen LogP contribution in [0, 0.1) is 0 Å². The number of unbranched alkanes of at least 4 members (excludes halogenated alkanes) is 42. The van der Waals surface area contributed by atoms with E-state index in [0.717, 1.165) is 44.9 Å². The minimum Gasteiger partial charge on any atom is -0.457 e. The zero-order valence-corrected chi connectivity index (χ0v) is 50.2. The van der Waals surface area contributed by atoms with Crippen LogP contribution in [0.1, 0.15) is 303 Å². The fourth-order valence-electron chi connectivity index (χ4n) is 11.1. The molecule has 0 saturated carbocycles. The number of aliphatic hydroxyl groups excluding tert-OH is 7. The van der Waals surface area contributed by atoms with Crippen LogP contribution in [0.15, 0.2) is 0 Å². The Morgan fingerprint density at radius 2 is 0.679 bits per heavy atom. The van der Waals surface area contributed by atoms with Gasteiger partial charge in [-0.05, 0) is 12.8 Å². The summed E-state index contributed by atoms with van der Waals surface area (Å²) < 4.78 is 34.5. The highest BCUT2D eigenvalue weighted by Crippen LogP contribution is 2.27. The Labute approximate surface area is 476 Å². The maximum absolute atomic E-state index is 13.1. The van der Waals surface area contributed by atoms with Crippen molar-refractivity contribution in [2.45, 2.75) is 370 Å². The quantitative estimate of drug-likeness (QED) is 0.0223. The van der Waals surface area contributed by atoms with E-state index in [4.69, 9.17) is 28.4 Å². The van der Waals surface area contributed by atoms with E-state index >= 15 is 0 Å². The summed E-state index contributed by atoms with van der Waals surface area (Å²) in [5.74, 6) is -0.365. The van der Waals surface area contributed by atoms with Gasteiger partial charge in [-0.15, -0.1) is 0 Å². The van der Waals surface area contributed by atoms with Crippen LogP contribution in [0.2, 0.25) is 0 Å². The molecule has 7 N–H and O–H groups in total. The molecule has 14 heteroatoms. The first kappa shape index (κ1) is 73.1. The van der Waals surface area contributed by atoms with E-state index < -0.39 is 80.7 Å². The highest BCUT2D eigenvalue weighted by molar-refractivity contribution is 5.69. The Bertz CT molecular complexity index is 1300. The van der Waals surface area contributed by atoms with E-state index in [2.05, 4.69) is 13.8 Å². The van der Waals surface area contributed by atoms with Crippen LogP contribution in [0.5, 0.6) is 0 Å². The Hall–Kier alpha value is -1.01. The van der Waals surface area contributed by atoms with Gasteiger partial charge in [-0.2, -0.15) is 0 Å². The standard InChI is InChI=1S/C64H124O14/c1-3-5-7-9-11-13-15-17-19-21-23-25-26-27-28-30-32-34-36-38-40-42-44-46-48-73-50-53(76-56(66)47-45-43-41-39-37-35-33-31-29-24-22-20-18-16-14-12-10-8-6-4-2)51-74-63-62(72)60(70)58(68)55(78-63)52-75-64-61(71)59(69)57(67)54(49-65)77-64/h53-55,57-65,67-72H,3-52H2,1-2H3. The summed E-state index contributed by atoms with van der Waals surface area (Å²) in [6.07, 6.45) is 41.7. The Morgan fingerprint density at radius 1 is 0.372 bits per heavy atom. The van der Waals surface area contributed by atoms with E-state index in [1.165, 1.54) is 238 Å². The van der Waals surface area contributed by atoms with Gasteiger partial charge in [0, 0.05) is 13.0 Å². The van der Waals surface area contributed by atoms with Crippen LogP contribution in [0.25, 0.3) is 0 Å². The van der Waals surface area contributed by atoms with Crippen molar-refractivity contribution in [3.8, 4) is 0 Å². The molecule has 0 aromatic rings. The van der Waals surface area contributed by atoms with Gasteiger partial charge in [-0.25, -0.2) is 0 Å². The van der Waals surface area contributed by atoms with E-state index in [1.807, 2.05) is 0 Å². The van der Waals surface area contributed by atoms with Crippen molar-refractivity contribution in [2.75, 3.05) is 33.0 Å². The topological polar surface area (TPSA) is 214 Å². The van der Waals surface area contributed by atoms with Gasteiger partial charge >= 0.3 is 5.97 Å². The first-order valence-electron chi connectivity index (χ1n) is 33.1. The molecular weight excluding hydrogens is 993 g/mol. The van der Waals surface area contributed by atoms with Crippen molar-refractivity contribution in [1.29, 1.82) is 0 Å². The van der Waals surface area contributed by atoms with E-state index in [9.17, 15) is 40.5 Å². The first-order valence-corrected chi connectivity index (χ1v) is 33.1. The maximum Gasteiger partial charge on any atom is 0.306 e. The van der Waals surface area contributed by atoms with Gasteiger partial charge in [0.1, 0.15) is 54.9 Å². The fraction of sp³-hybridized carbons (Fsp3) is 0.984. The van der Waals surface area contributed by atoms with Gasteiger partial charge in [0.25, 0.3) is 0 Å². The fourth-order valence-corrected chi connectivity index (χ4v) is 11.1. The molecule has 0 bridgehead atoms. The van der Waals surface area contributed by atoms with Crippen molar-refractivity contribution in [3.05, 3.63) is 0 Å². The second kappa shape index (κ2) is 51.6. The van der Waals surface area contributed by atoms with Crippen molar-refractivity contribution in [1.82, 2.24) is 0 Å². The maximum atomic E-state index is 13.1. The van der Waals surface area contributed by atoms with E-state index in [1.54, 1.807) is 0 Å². The predicted molar refractivity (Wildman–Crippen MR) is 312 cm³/mol. The smallest absolute Gasteiger partial charge is 0.306 e. The third-order valence-corrected chi connectivity index (χ3v) is 16.4. The van der Waals surface area contributed by atoms with E-state index in [-0.39, 0.29) is 25.6 Å². The molecule has 11 atom stereocenters. The molecule has 0 aliphatic carbocycles. The van der Waals surface area contributed by atoms with Crippen molar-refractivity contribution in [2.24, 2.45) is 0 Å². The Kier molecular flexibility index (Phi) is 48.4. The van der Waals surface area contributed by atoms with Gasteiger partial charge < -0.3 is 64.2 Å². The van der Waals surface area contributed by atoms with Crippen LogP contribution < -0.4 is 0 Å². The molecule has 2 aliphatic heterocycles. The molecule has 0 aromatic carbocycles. The summed E-state index contributed by atoms with van der Waals surface area (Å²) in [5, 5.41) is 72.5. The number of hydrogen-bond donors (Lipinski definition) is 7. The molecule has 0 radical (unpaired) electrons. The highest BCUT2D eigenvalue weighted by Gasteiger charge is 2.47. The molecule has 14 nitrogen and oxygen atoms in total. The zero-order valence-electron chi connectivity index (χ0n) is 50.2. The van der Waals surface area contributed by atoms with Crippen LogP contribution in [0.4, 0.5) is 0 Å². The summed E-state index contributed by atoms with van der Waals surface area (Å²) >= 11 is 0. The molecule has 2 aliphatic rings. The third-order valence-electron chi connectivity index (χ3n) is 16.4. The summed E-state index contributed by atoms with van der Waals surface area (Å²) in [5.41, 5.74) is 0. The third kappa shape index (κ3) is 37.2. The van der Waals surface area contributed by atoms with Gasteiger partial charge in [-0.1, -0.05) is 284 Å². The van der Waals surface area contributed by atoms with Crippen LogP contribution in [0.3, 0.4) is 0 Å². The molecule has 2 fully saturated rings. The number of aliphatic hydroxyl groups is 7. The monoisotopic (exact) mass is 1120 g/mol. The molecule has 11 unspecified atom stereocenters. The molecule has 0 amide bonds. The second-order valence-corrected chi connectivity index (χ2v) is 23.7. The van der Waals surface area contributed by atoms with E-state index in [0.29, 0.717) is 6.61 Å². The number of carbonyl (C=O) groups excluding carboxylic acids is 1. The Morgan fingerprint density at radius 3 is 1.04 bits per heavy atom. The van der Waals surface area contributed by atoms with Crippen LogP contribution in [-0.4, -0.2) is 142 Å². The van der Waals surface area contributed by atoms with Gasteiger partial charge in [0.15, 0.2) is 12.6 Å². The van der Waals surface area contributed by atoms with Crippen molar-refractivity contribution >= 4 is 5.97 Å². The van der Waals surface area contributed by atoms with Gasteiger partial charge in [0.2, 0.25) is 0 Å².